The van der Waals surface area contributed by atoms with Crippen LogP contribution in [0.1, 0.15) is 24.3 Å². The molecule has 0 bridgehead atoms. The van der Waals surface area contributed by atoms with E-state index in [-0.39, 0.29) is 30.4 Å². The number of amides is 2. The summed E-state index contributed by atoms with van der Waals surface area (Å²) >= 11 is 0. The molecule has 2 N–H and O–H groups in total. The first-order valence-corrected chi connectivity index (χ1v) is 9.61. The predicted octanol–water partition coefficient (Wildman–Crippen LogP) is 1.54. The number of aromatic nitrogens is 2. The lowest BCUT2D eigenvalue weighted by atomic mass is 9.98. The highest BCUT2D eigenvalue weighted by atomic mass is 16.6. The van der Waals surface area contributed by atoms with Gasteiger partial charge in [0.2, 0.25) is 11.8 Å². The second-order valence-corrected chi connectivity index (χ2v) is 7.21. The quantitative estimate of drug-likeness (QED) is 0.730. The molecule has 2 aliphatic rings. The van der Waals surface area contributed by atoms with Crippen LogP contribution < -0.4 is 14.8 Å². The van der Waals surface area contributed by atoms with E-state index in [1.165, 1.54) is 0 Å². The summed E-state index contributed by atoms with van der Waals surface area (Å²) in [5.41, 5.74) is 0.990. The van der Waals surface area contributed by atoms with Crippen molar-refractivity contribution in [2.75, 3.05) is 38.7 Å². The summed E-state index contributed by atoms with van der Waals surface area (Å²) in [5.74, 6) is 1.51. The number of H-pyrrole nitrogens is 1. The van der Waals surface area contributed by atoms with E-state index in [1.54, 1.807) is 24.3 Å². The molecule has 3 heterocycles. The van der Waals surface area contributed by atoms with Crippen LogP contribution in [0, 0.1) is 0 Å². The molecule has 2 saturated heterocycles. The molecular formula is C20H24N4O5. The minimum Gasteiger partial charge on any atom is -0.493 e. The first-order chi connectivity index (χ1) is 14.1. The molecule has 9 nitrogen and oxygen atoms in total. The molecule has 29 heavy (non-hydrogen) atoms. The number of rotatable bonds is 7. The van der Waals surface area contributed by atoms with Gasteiger partial charge in [-0.3, -0.25) is 14.7 Å². The molecule has 1 unspecified atom stereocenters. The van der Waals surface area contributed by atoms with Crippen molar-refractivity contribution in [1.29, 1.82) is 0 Å². The largest absolute Gasteiger partial charge is 0.493 e. The van der Waals surface area contributed by atoms with E-state index < -0.39 is 0 Å². The van der Waals surface area contributed by atoms with Gasteiger partial charge in [0.15, 0.2) is 11.5 Å². The van der Waals surface area contributed by atoms with Crippen molar-refractivity contribution in [3.63, 3.8) is 0 Å². The Morgan fingerprint density at radius 1 is 1.38 bits per heavy atom. The van der Waals surface area contributed by atoms with Gasteiger partial charge >= 0.3 is 0 Å². The minimum atomic E-state index is -0.261. The second kappa shape index (κ2) is 8.52. The van der Waals surface area contributed by atoms with Crippen molar-refractivity contribution in [1.82, 2.24) is 15.1 Å². The molecule has 9 heteroatoms. The Morgan fingerprint density at radius 2 is 2.28 bits per heavy atom. The number of hydrogen-bond acceptors (Lipinski definition) is 6. The van der Waals surface area contributed by atoms with Gasteiger partial charge in [-0.15, -0.1) is 0 Å². The van der Waals surface area contributed by atoms with Gasteiger partial charge < -0.3 is 24.4 Å². The molecule has 4 rings (SSSR count). The van der Waals surface area contributed by atoms with Crippen molar-refractivity contribution in [3.8, 4) is 11.5 Å². The number of ether oxygens (including phenoxy) is 3. The number of benzene rings is 1. The summed E-state index contributed by atoms with van der Waals surface area (Å²) in [6.45, 7) is 1.74. The topological polar surface area (TPSA) is 106 Å². The summed E-state index contributed by atoms with van der Waals surface area (Å²) < 4.78 is 16.8. The zero-order valence-electron chi connectivity index (χ0n) is 16.2. The molecule has 0 saturated carbocycles. The molecule has 2 aliphatic heterocycles. The van der Waals surface area contributed by atoms with Crippen LogP contribution in [-0.2, 0) is 14.3 Å². The van der Waals surface area contributed by atoms with Gasteiger partial charge in [0.25, 0.3) is 0 Å². The SMILES string of the molecule is COc1ccc(C2CC(=O)N(CC(=O)Nc3ccn[nH]3)C2)cc1O[C@@H]1CCOC1. The lowest BCUT2D eigenvalue weighted by Crippen LogP contribution is -2.34. The molecular weight excluding hydrogens is 376 g/mol. The first kappa shape index (κ1) is 19.3. The van der Waals surface area contributed by atoms with Crippen LogP contribution in [0.4, 0.5) is 5.82 Å². The van der Waals surface area contributed by atoms with E-state index in [4.69, 9.17) is 14.2 Å². The fraction of sp³-hybridized carbons (Fsp3) is 0.450. The number of carbonyl (C=O) groups is 2. The lowest BCUT2D eigenvalue weighted by molar-refractivity contribution is -0.131. The van der Waals surface area contributed by atoms with Gasteiger partial charge in [-0.2, -0.15) is 5.10 Å². The van der Waals surface area contributed by atoms with Gasteiger partial charge in [-0.1, -0.05) is 6.07 Å². The molecule has 2 atom stereocenters. The predicted molar refractivity (Wildman–Crippen MR) is 104 cm³/mol. The summed E-state index contributed by atoms with van der Waals surface area (Å²) in [5, 5.41) is 9.14. The van der Waals surface area contributed by atoms with Gasteiger partial charge in [0.05, 0.1) is 33.1 Å². The van der Waals surface area contributed by atoms with Crippen molar-refractivity contribution in [2.45, 2.75) is 24.9 Å². The molecule has 2 amide bonds. The van der Waals surface area contributed by atoms with Gasteiger partial charge in [0.1, 0.15) is 11.9 Å². The molecule has 2 fully saturated rings. The highest BCUT2D eigenvalue weighted by Crippen LogP contribution is 2.36. The first-order valence-electron chi connectivity index (χ1n) is 9.61. The van der Waals surface area contributed by atoms with Crippen LogP contribution in [0.15, 0.2) is 30.5 Å². The molecule has 2 aromatic rings. The number of likely N-dealkylation sites (tertiary alicyclic amines) is 1. The van der Waals surface area contributed by atoms with E-state index >= 15 is 0 Å². The summed E-state index contributed by atoms with van der Waals surface area (Å²) in [4.78, 5) is 26.2. The molecule has 0 radical (unpaired) electrons. The lowest BCUT2D eigenvalue weighted by Gasteiger charge is -2.18. The van der Waals surface area contributed by atoms with Crippen molar-refractivity contribution in [3.05, 3.63) is 36.0 Å². The molecule has 0 aliphatic carbocycles. The summed E-state index contributed by atoms with van der Waals surface area (Å²) in [7, 11) is 1.60. The monoisotopic (exact) mass is 400 g/mol. The summed E-state index contributed by atoms with van der Waals surface area (Å²) in [6, 6.07) is 7.39. The van der Waals surface area contributed by atoms with Crippen molar-refractivity contribution in [2.24, 2.45) is 0 Å². The van der Waals surface area contributed by atoms with Gasteiger partial charge in [-0.05, 0) is 17.7 Å². The fourth-order valence-corrected chi connectivity index (χ4v) is 3.66. The Bertz CT molecular complexity index is 864. The number of anilines is 1. The smallest absolute Gasteiger partial charge is 0.245 e. The van der Waals surface area contributed by atoms with Gasteiger partial charge in [0, 0.05) is 31.4 Å². The maximum atomic E-state index is 12.4. The van der Waals surface area contributed by atoms with E-state index in [0.717, 1.165) is 12.0 Å². The highest BCUT2D eigenvalue weighted by molar-refractivity contribution is 5.94. The minimum absolute atomic E-state index is 0.00413. The van der Waals surface area contributed by atoms with Crippen LogP contribution in [0.2, 0.25) is 0 Å². The number of nitrogens with zero attached hydrogens (tertiary/aromatic N) is 2. The van der Waals surface area contributed by atoms with Crippen LogP contribution >= 0.6 is 0 Å². The van der Waals surface area contributed by atoms with Crippen LogP contribution in [0.25, 0.3) is 0 Å². The molecule has 154 valence electrons. The Morgan fingerprint density at radius 3 is 3.00 bits per heavy atom. The zero-order valence-corrected chi connectivity index (χ0v) is 16.2. The number of hydrogen-bond donors (Lipinski definition) is 2. The summed E-state index contributed by atoms with van der Waals surface area (Å²) in [6.07, 6.45) is 2.75. The Hall–Kier alpha value is -3.07. The number of methoxy groups -OCH3 is 1. The molecule has 1 aromatic carbocycles. The number of nitrogens with one attached hydrogen (secondary N) is 2. The standard InChI is InChI=1S/C20H24N4O5/c1-27-16-3-2-13(8-17(16)29-15-5-7-28-12-15)14-9-20(26)24(10-14)11-19(25)22-18-4-6-21-23-18/h2-4,6,8,14-15H,5,7,9-12H2,1H3,(H2,21,22,23,25)/t14?,15-/m1/s1. The second-order valence-electron chi connectivity index (χ2n) is 7.21. The maximum absolute atomic E-state index is 12.4. The van der Waals surface area contributed by atoms with E-state index in [1.807, 2.05) is 18.2 Å². The van der Waals surface area contributed by atoms with Crippen LogP contribution in [0.3, 0.4) is 0 Å². The Balaban J connectivity index is 1.41. The molecule has 1 aromatic heterocycles. The normalized spacial score (nSPS) is 21.4. The highest BCUT2D eigenvalue weighted by Gasteiger charge is 2.32. The molecule has 0 spiro atoms. The Kier molecular flexibility index (Phi) is 5.66. The third-order valence-electron chi connectivity index (χ3n) is 5.16. The zero-order chi connectivity index (χ0) is 20.2. The van der Waals surface area contributed by atoms with E-state index in [2.05, 4.69) is 15.5 Å². The van der Waals surface area contributed by atoms with Gasteiger partial charge in [-0.25, -0.2) is 0 Å². The van der Waals surface area contributed by atoms with Crippen molar-refractivity contribution < 1.29 is 23.8 Å². The third-order valence-corrected chi connectivity index (χ3v) is 5.16. The average molecular weight is 400 g/mol. The van der Waals surface area contributed by atoms with Crippen molar-refractivity contribution >= 4 is 17.6 Å². The number of carbonyl (C=O) groups excluding carboxylic acids is 2. The van der Waals surface area contributed by atoms with Crippen LogP contribution in [-0.4, -0.2) is 66.4 Å². The number of aromatic amines is 1. The maximum Gasteiger partial charge on any atom is 0.245 e. The Labute approximate surface area is 168 Å². The third kappa shape index (κ3) is 4.51. The van der Waals surface area contributed by atoms with Crippen LogP contribution in [0.5, 0.6) is 11.5 Å². The van der Waals surface area contributed by atoms with E-state index in [9.17, 15) is 9.59 Å². The average Bonchev–Trinajstić information content (AvgIpc) is 3.46. The van der Waals surface area contributed by atoms with E-state index in [0.29, 0.717) is 43.5 Å². The fourth-order valence-electron chi connectivity index (χ4n) is 3.66.